The maximum atomic E-state index is 12.7. The molecule has 1 amide bonds. The summed E-state index contributed by atoms with van der Waals surface area (Å²) in [6, 6.07) is 16.8. The molecule has 35 heavy (non-hydrogen) atoms. The molecule has 0 radical (unpaired) electrons. The molecular formula is C27H32N4O4. The molecule has 0 N–H and O–H groups in total. The minimum atomic E-state index is -0.535. The monoisotopic (exact) mass is 476 g/mol. The predicted octanol–water partition coefficient (Wildman–Crippen LogP) is 4.26. The zero-order valence-electron chi connectivity index (χ0n) is 20.9. The summed E-state index contributed by atoms with van der Waals surface area (Å²) < 4.78 is 12.8. The fourth-order valence-corrected chi connectivity index (χ4v) is 3.91. The molecule has 2 aromatic heterocycles. The first-order valence-electron chi connectivity index (χ1n) is 11.6. The number of aromatic nitrogens is 2. The van der Waals surface area contributed by atoms with Gasteiger partial charge in [-0.3, -0.25) is 9.36 Å². The van der Waals surface area contributed by atoms with Gasteiger partial charge in [-0.15, -0.1) is 0 Å². The highest BCUT2D eigenvalue weighted by atomic mass is 16.6. The Morgan fingerprint density at radius 2 is 1.83 bits per heavy atom. The van der Waals surface area contributed by atoms with Crippen molar-refractivity contribution < 1.29 is 14.3 Å². The molecule has 0 saturated carbocycles. The molecule has 8 heteroatoms. The highest BCUT2D eigenvalue weighted by Crippen LogP contribution is 2.31. The quantitative estimate of drug-likeness (QED) is 0.529. The van der Waals surface area contributed by atoms with Crippen LogP contribution in [0, 0.1) is 0 Å². The van der Waals surface area contributed by atoms with Crippen LogP contribution in [0.1, 0.15) is 33.3 Å². The van der Waals surface area contributed by atoms with Gasteiger partial charge in [0, 0.05) is 32.4 Å². The molecule has 0 spiro atoms. The first-order chi connectivity index (χ1) is 16.5. The van der Waals surface area contributed by atoms with Gasteiger partial charge in [-0.2, -0.15) is 0 Å². The van der Waals surface area contributed by atoms with Crippen molar-refractivity contribution in [2.45, 2.75) is 45.4 Å². The highest BCUT2D eigenvalue weighted by molar-refractivity contribution is 5.70. The number of pyridine rings is 2. The zero-order valence-corrected chi connectivity index (χ0v) is 20.9. The summed E-state index contributed by atoms with van der Waals surface area (Å²) in [5.41, 5.74) is 0.640. The van der Waals surface area contributed by atoms with E-state index in [0.717, 1.165) is 11.4 Å². The van der Waals surface area contributed by atoms with E-state index in [9.17, 15) is 9.59 Å². The number of ether oxygens (including phenoxy) is 2. The Bertz CT molecular complexity index is 1230. The fraction of sp³-hybridized carbons (Fsp3) is 0.370. The molecule has 1 fully saturated rings. The Morgan fingerprint density at radius 3 is 2.43 bits per heavy atom. The van der Waals surface area contributed by atoms with E-state index in [1.165, 1.54) is 10.6 Å². The molecule has 1 saturated heterocycles. The molecule has 1 aliphatic heterocycles. The van der Waals surface area contributed by atoms with E-state index in [4.69, 9.17) is 9.47 Å². The average Bonchev–Trinajstić information content (AvgIpc) is 2.80. The van der Waals surface area contributed by atoms with Crippen LogP contribution in [0.2, 0.25) is 0 Å². The molecule has 1 aromatic carbocycles. The summed E-state index contributed by atoms with van der Waals surface area (Å²) in [5, 5.41) is 0. The second-order valence-electron chi connectivity index (χ2n) is 10.1. The van der Waals surface area contributed by atoms with E-state index in [2.05, 4.69) is 9.88 Å². The number of nitrogens with zero attached hydrogens (tertiary/aromatic N) is 4. The first kappa shape index (κ1) is 24.3. The summed E-state index contributed by atoms with van der Waals surface area (Å²) >= 11 is 0. The molecular weight excluding hydrogens is 444 g/mol. The van der Waals surface area contributed by atoms with Crippen LogP contribution < -0.4 is 15.2 Å². The van der Waals surface area contributed by atoms with Crippen molar-refractivity contribution in [2.75, 3.05) is 25.0 Å². The summed E-state index contributed by atoms with van der Waals surface area (Å²) in [4.78, 5) is 33.4. The molecule has 184 valence electrons. The predicted molar refractivity (Wildman–Crippen MR) is 135 cm³/mol. The molecule has 1 aliphatic rings. The zero-order chi connectivity index (χ0) is 25.2. The summed E-state index contributed by atoms with van der Waals surface area (Å²) in [7, 11) is 1.77. The average molecular weight is 477 g/mol. The lowest BCUT2D eigenvalue weighted by molar-refractivity contribution is 0.00248. The molecule has 0 aliphatic carbocycles. The van der Waals surface area contributed by atoms with Crippen LogP contribution in [0.5, 0.6) is 5.75 Å². The molecule has 3 aromatic rings. The Morgan fingerprint density at radius 1 is 1.11 bits per heavy atom. The summed E-state index contributed by atoms with van der Waals surface area (Å²) in [5.74, 6) is 1.31. The van der Waals surface area contributed by atoms with Crippen molar-refractivity contribution >= 4 is 11.9 Å². The lowest BCUT2D eigenvalue weighted by atomic mass is 9.90. The number of carbonyl (C=O) groups is 1. The van der Waals surface area contributed by atoms with E-state index in [1.54, 1.807) is 30.4 Å². The first-order valence-corrected chi connectivity index (χ1v) is 11.6. The third kappa shape index (κ3) is 5.65. The standard InChI is InChI=1S/C27H32N4O4/c1-26(2,3)35-25(33)29(5)27(4)18-30(19-27)23-12-11-21(16-28-23)31-14-13-22(15-24(31)32)34-17-20-9-7-6-8-10-20/h6-16H,17-19H2,1-5H3. The van der Waals surface area contributed by atoms with E-state index in [-0.39, 0.29) is 17.2 Å². The highest BCUT2D eigenvalue weighted by Gasteiger charge is 2.45. The van der Waals surface area contributed by atoms with E-state index >= 15 is 0 Å². The number of rotatable bonds is 6. The van der Waals surface area contributed by atoms with Crippen molar-refractivity contribution in [3.8, 4) is 11.4 Å². The maximum absolute atomic E-state index is 12.7. The van der Waals surface area contributed by atoms with Gasteiger partial charge < -0.3 is 19.3 Å². The smallest absolute Gasteiger partial charge is 0.410 e. The second-order valence-corrected chi connectivity index (χ2v) is 10.1. The lowest BCUT2D eigenvalue weighted by Gasteiger charge is -2.53. The van der Waals surface area contributed by atoms with E-state index in [0.29, 0.717) is 31.1 Å². The largest absolute Gasteiger partial charge is 0.489 e. The molecule has 8 nitrogen and oxygen atoms in total. The van der Waals surface area contributed by atoms with Gasteiger partial charge in [0.2, 0.25) is 0 Å². The molecule has 0 atom stereocenters. The van der Waals surface area contributed by atoms with Gasteiger partial charge in [0.15, 0.2) is 0 Å². The van der Waals surface area contributed by atoms with Gasteiger partial charge in [-0.1, -0.05) is 30.3 Å². The second kappa shape index (κ2) is 9.44. The number of hydrogen-bond donors (Lipinski definition) is 0. The number of hydrogen-bond acceptors (Lipinski definition) is 6. The minimum Gasteiger partial charge on any atom is -0.489 e. The lowest BCUT2D eigenvalue weighted by Crippen LogP contribution is -2.69. The van der Waals surface area contributed by atoms with Crippen molar-refractivity contribution in [2.24, 2.45) is 0 Å². The van der Waals surface area contributed by atoms with Crippen LogP contribution in [-0.4, -0.2) is 51.8 Å². The molecule has 0 unspecified atom stereocenters. The van der Waals surface area contributed by atoms with Gasteiger partial charge in [0.05, 0.1) is 17.4 Å². The van der Waals surface area contributed by atoms with Gasteiger partial charge >= 0.3 is 6.09 Å². The Hall–Kier alpha value is -3.81. The van der Waals surface area contributed by atoms with Crippen molar-refractivity contribution in [1.29, 1.82) is 0 Å². The molecule has 3 heterocycles. The Balaban J connectivity index is 1.37. The van der Waals surface area contributed by atoms with Crippen LogP contribution in [0.25, 0.3) is 5.69 Å². The van der Waals surface area contributed by atoms with Crippen LogP contribution in [0.3, 0.4) is 0 Å². The van der Waals surface area contributed by atoms with Crippen LogP contribution in [0.4, 0.5) is 10.6 Å². The number of anilines is 1. The summed E-state index contributed by atoms with van der Waals surface area (Å²) in [6.07, 6.45) is 3.03. The van der Waals surface area contributed by atoms with Crippen molar-refractivity contribution in [1.82, 2.24) is 14.5 Å². The van der Waals surface area contributed by atoms with Crippen molar-refractivity contribution in [3.05, 3.63) is 82.9 Å². The Kier molecular flexibility index (Phi) is 6.56. The van der Waals surface area contributed by atoms with Crippen molar-refractivity contribution in [3.63, 3.8) is 0 Å². The van der Waals surface area contributed by atoms with Crippen LogP contribution in [-0.2, 0) is 11.3 Å². The van der Waals surface area contributed by atoms with Gasteiger partial charge in [-0.05, 0) is 51.5 Å². The number of likely N-dealkylation sites (N-methyl/N-ethyl adjacent to an activating group) is 1. The van der Waals surface area contributed by atoms with E-state index < -0.39 is 5.60 Å². The van der Waals surface area contributed by atoms with E-state index in [1.807, 2.05) is 70.2 Å². The number of benzene rings is 1. The molecule has 4 rings (SSSR count). The Labute approximate surface area is 205 Å². The SMILES string of the molecule is CN(C(=O)OC(C)(C)C)C1(C)CN(c2ccc(-n3ccc(OCc4ccccc4)cc3=O)cn2)C1. The fourth-order valence-electron chi connectivity index (χ4n) is 3.91. The molecule has 0 bridgehead atoms. The number of amides is 1. The van der Waals surface area contributed by atoms with Crippen LogP contribution in [0.15, 0.2) is 71.8 Å². The van der Waals surface area contributed by atoms with Crippen LogP contribution >= 0.6 is 0 Å². The van der Waals surface area contributed by atoms with Gasteiger partial charge in [-0.25, -0.2) is 9.78 Å². The third-order valence-corrected chi connectivity index (χ3v) is 6.01. The van der Waals surface area contributed by atoms with Gasteiger partial charge in [0.25, 0.3) is 5.56 Å². The topological polar surface area (TPSA) is 76.9 Å². The summed E-state index contributed by atoms with van der Waals surface area (Å²) in [6.45, 7) is 9.29. The normalized spacial score (nSPS) is 14.7. The third-order valence-electron chi connectivity index (χ3n) is 6.01. The number of carbonyl (C=O) groups excluding carboxylic acids is 1. The maximum Gasteiger partial charge on any atom is 0.410 e. The minimum absolute atomic E-state index is 0.194. The van der Waals surface area contributed by atoms with Gasteiger partial charge in [0.1, 0.15) is 23.8 Å².